The Labute approximate surface area is 105 Å². The minimum absolute atomic E-state index is 0.0686. The fraction of sp³-hybridized carbons (Fsp3) is 0.455. The molecule has 0 amide bonds. The third-order valence-corrected chi connectivity index (χ3v) is 2.60. The van der Waals surface area contributed by atoms with Crippen molar-refractivity contribution in [1.82, 2.24) is 5.32 Å². The predicted octanol–water partition coefficient (Wildman–Crippen LogP) is 2.82. The molecular formula is C11H14Cl2FNO. The monoisotopic (exact) mass is 265 g/mol. The summed E-state index contributed by atoms with van der Waals surface area (Å²) in [5, 5.41) is 3.21. The van der Waals surface area contributed by atoms with Crippen molar-refractivity contribution < 1.29 is 9.13 Å². The Morgan fingerprint density at radius 1 is 1.50 bits per heavy atom. The molecule has 0 aliphatic rings. The minimum Gasteiger partial charge on any atom is -0.383 e. The SMILES string of the molecule is COCC(Cl)CNCc1ccc(F)c(Cl)c1. The van der Waals surface area contributed by atoms with E-state index >= 15 is 0 Å². The molecule has 0 heterocycles. The molecule has 90 valence electrons. The van der Waals surface area contributed by atoms with Crippen LogP contribution in [0.4, 0.5) is 4.39 Å². The molecule has 1 N–H and O–H groups in total. The van der Waals surface area contributed by atoms with Crippen LogP contribution in [-0.4, -0.2) is 25.6 Å². The summed E-state index contributed by atoms with van der Waals surface area (Å²) in [6, 6.07) is 4.64. The lowest BCUT2D eigenvalue weighted by molar-refractivity contribution is 0.197. The molecule has 5 heteroatoms. The number of hydrogen-bond donors (Lipinski definition) is 1. The molecule has 1 rings (SSSR count). The zero-order valence-corrected chi connectivity index (χ0v) is 10.5. The smallest absolute Gasteiger partial charge is 0.141 e. The van der Waals surface area contributed by atoms with Crippen molar-refractivity contribution in [2.75, 3.05) is 20.3 Å². The van der Waals surface area contributed by atoms with Gasteiger partial charge >= 0.3 is 0 Å². The van der Waals surface area contributed by atoms with E-state index in [2.05, 4.69) is 5.32 Å². The standard InChI is InChI=1S/C11H14Cl2FNO/c1-16-7-9(12)6-15-5-8-2-3-11(14)10(13)4-8/h2-4,9,15H,5-7H2,1H3. The number of alkyl halides is 1. The number of ether oxygens (including phenoxy) is 1. The average Bonchev–Trinajstić information content (AvgIpc) is 2.24. The average molecular weight is 266 g/mol. The van der Waals surface area contributed by atoms with Crippen molar-refractivity contribution in [2.24, 2.45) is 0 Å². The molecule has 0 aliphatic carbocycles. The van der Waals surface area contributed by atoms with Crippen molar-refractivity contribution in [3.8, 4) is 0 Å². The fourth-order valence-corrected chi connectivity index (χ4v) is 1.70. The largest absolute Gasteiger partial charge is 0.383 e. The van der Waals surface area contributed by atoms with Crippen LogP contribution in [0.25, 0.3) is 0 Å². The molecule has 1 aromatic carbocycles. The van der Waals surface area contributed by atoms with Crippen molar-refractivity contribution >= 4 is 23.2 Å². The van der Waals surface area contributed by atoms with Crippen LogP contribution in [0.5, 0.6) is 0 Å². The highest BCUT2D eigenvalue weighted by atomic mass is 35.5. The Hall–Kier alpha value is -0.350. The second-order valence-electron chi connectivity index (χ2n) is 3.43. The number of hydrogen-bond acceptors (Lipinski definition) is 2. The van der Waals surface area contributed by atoms with E-state index in [-0.39, 0.29) is 10.4 Å². The van der Waals surface area contributed by atoms with Gasteiger partial charge in [0, 0.05) is 20.2 Å². The van der Waals surface area contributed by atoms with Crippen molar-refractivity contribution in [3.63, 3.8) is 0 Å². The molecule has 1 unspecified atom stereocenters. The lowest BCUT2D eigenvalue weighted by Gasteiger charge is -2.10. The maximum atomic E-state index is 12.9. The molecule has 0 aromatic heterocycles. The molecule has 1 aromatic rings. The molecule has 0 spiro atoms. The third-order valence-electron chi connectivity index (χ3n) is 2.03. The minimum atomic E-state index is -0.403. The Kier molecular flexibility index (Phi) is 6.06. The molecule has 0 radical (unpaired) electrons. The molecular weight excluding hydrogens is 252 g/mol. The molecule has 0 aliphatic heterocycles. The lowest BCUT2D eigenvalue weighted by Crippen LogP contribution is -2.25. The predicted molar refractivity (Wildman–Crippen MR) is 64.6 cm³/mol. The Morgan fingerprint density at radius 2 is 2.25 bits per heavy atom. The second kappa shape index (κ2) is 7.07. The number of nitrogens with one attached hydrogen (secondary N) is 1. The lowest BCUT2D eigenvalue weighted by atomic mass is 10.2. The first-order chi connectivity index (χ1) is 7.63. The number of halogens is 3. The summed E-state index contributed by atoms with van der Waals surface area (Å²) in [5.41, 5.74) is 0.924. The maximum Gasteiger partial charge on any atom is 0.141 e. The first-order valence-corrected chi connectivity index (χ1v) is 5.72. The third kappa shape index (κ3) is 4.66. The van der Waals surface area contributed by atoms with Crippen molar-refractivity contribution in [1.29, 1.82) is 0 Å². The zero-order chi connectivity index (χ0) is 12.0. The maximum absolute atomic E-state index is 12.9. The summed E-state index contributed by atoms with van der Waals surface area (Å²) in [5.74, 6) is -0.403. The second-order valence-corrected chi connectivity index (χ2v) is 4.46. The van der Waals surface area contributed by atoms with E-state index in [4.69, 9.17) is 27.9 Å². The summed E-state index contributed by atoms with van der Waals surface area (Å²) in [6.07, 6.45) is 0. The van der Waals surface area contributed by atoms with Crippen molar-refractivity contribution in [3.05, 3.63) is 34.6 Å². The van der Waals surface area contributed by atoms with Crippen molar-refractivity contribution in [2.45, 2.75) is 11.9 Å². The van der Waals surface area contributed by atoms with Crippen LogP contribution in [0.2, 0.25) is 5.02 Å². The molecule has 0 bridgehead atoms. The van der Waals surface area contributed by atoms with E-state index < -0.39 is 5.82 Å². The van der Waals surface area contributed by atoms with E-state index in [1.54, 1.807) is 19.2 Å². The van der Waals surface area contributed by atoms with Crippen LogP contribution in [-0.2, 0) is 11.3 Å². The van der Waals surface area contributed by atoms with Gasteiger partial charge in [0.2, 0.25) is 0 Å². The van der Waals surface area contributed by atoms with Gasteiger partial charge in [-0.2, -0.15) is 0 Å². The van der Waals surface area contributed by atoms with E-state index in [0.29, 0.717) is 19.7 Å². The Bertz CT molecular complexity index is 336. The van der Waals surface area contributed by atoms with E-state index in [1.807, 2.05) is 0 Å². The summed E-state index contributed by atoms with van der Waals surface area (Å²) >= 11 is 11.6. The first-order valence-electron chi connectivity index (χ1n) is 4.91. The molecule has 0 saturated carbocycles. The van der Waals surface area contributed by atoms with Gasteiger partial charge in [-0.05, 0) is 17.7 Å². The quantitative estimate of drug-likeness (QED) is 0.799. The van der Waals surface area contributed by atoms with E-state index in [9.17, 15) is 4.39 Å². The normalized spacial score (nSPS) is 12.8. The highest BCUT2D eigenvalue weighted by Crippen LogP contribution is 2.15. The summed E-state index contributed by atoms with van der Waals surface area (Å²) in [4.78, 5) is 0. The van der Waals surface area contributed by atoms with Gasteiger partial charge in [0.1, 0.15) is 5.82 Å². The summed E-state index contributed by atoms with van der Waals surface area (Å²) in [7, 11) is 1.61. The van der Waals surface area contributed by atoms with E-state index in [1.165, 1.54) is 6.07 Å². The molecule has 16 heavy (non-hydrogen) atoms. The zero-order valence-electron chi connectivity index (χ0n) is 8.97. The van der Waals surface area contributed by atoms with Gasteiger partial charge in [0.25, 0.3) is 0 Å². The van der Waals surface area contributed by atoms with Gasteiger partial charge in [-0.3, -0.25) is 0 Å². The Morgan fingerprint density at radius 3 is 2.88 bits per heavy atom. The molecule has 0 fully saturated rings. The molecule has 0 saturated heterocycles. The topological polar surface area (TPSA) is 21.3 Å². The highest BCUT2D eigenvalue weighted by Gasteiger charge is 2.04. The fourth-order valence-electron chi connectivity index (χ4n) is 1.26. The van der Waals surface area contributed by atoms with Gasteiger partial charge < -0.3 is 10.1 Å². The highest BCUT2D eigenvalue weighted by molar-refractivity contribution is 6.30. The summed E-state index contributed by atoms with van der Waals surface area (Å²) in [6.45, 7) is 1.73. The summed E-state index contributed by atoms with van der Waals surface area (Å²) < 4.78 is 17.8. The van der Waals surface area contributed by atoms with Gasteiger partial charge in [-0.25, -0.2) is 4.39 Å². The first kappa shape index (κ1) is 13.7. The van der Waals surface area contributed by atoms with Crippen LogP contribution >= 0.6 is 23.2 Å². The van der Waals surface area contributed by atoms with Crippen LogP contribution in [0.3, 0.4) is 0 Å². The van der Waals surface area contributed by atoms with Crippen LogP contribution in [0.15, 0.2) is 18.2 Å². The van der Waals surface area contributed by atoms with Gasteiger partial charge in [-0.15, -0.1) is 11.6 Å². The van der Waals surface area contributed by atoms with Gasteiger partial charge in [0.05, 0.1) is 17.0 Å². The van der Waals surface area contributed by atoms with Crippen LogP contribution in [0, 0.1) is 5.82 Å². The Balaban J connectivity index is 2.34. The van der Waals surface area contributed by atoms with Gasteiger partial charge in [-0.1, -0.05) is 17.7 Å². The molecule has 1 atom stereocenters. The molecule has 2 nitrogen and oxygen atoms in total. The number of methoxy groups -OCH3 is 1. The van der Waals surface area contributed by atoms with Gasteiger partial charge in [0.15, 0.2) is 0 Å². The number of rotatable bonds is 6. The van der Waals surface area contributed by atoms with E-state index in [0.717, 1.165) is 5.56 Å². The van der Waals surface area contributed by atoms with Crippen LogP contribution < -0.4 is 5.32 Å². The number of benzene rings is 1. The van der Waals surface area contributed by atoms with Crippen LogP contribution in [0.1, 0.15) is 5.56 Å².